The number of aryl methyl sites for hydroxylation is 1. The molecule has 118 valence electrons. The fourth-order valence-electron chi connectivity index (χ4n) is 2.48. The molecule has 0 atom stereocenters. The van der Waals surface area contributed by atoms with E-state index in [4.69, 9.17) is 4.74 Å². The largest absolute Gasteiger partial charge is 0.494 e. The number of ether oxygens (including phenoxy) is 1. The maximum atomic E-state index is 12.4. The van der Waals surface area contributed by atoms with Crippen molar-refractivity contribution in [3.8, 4) is 17.1 Å². The van der Waals surface area contributed by atoms with E-state index in [0.29, 0.717) is 29.2 Å². The Bertz CT molecular complexity index is 885. The number of hydrogen-bond donors (Lipinski definition) is 1. The first-order valence-corrected chi connectivity index (χ1v) is 8.45. The highest BCUT2D eigenvalue weighted by atomic mass is 79.9. The topological polar surface area (TPSA) is 67.9 Å². The number of fused-ring (bicyclic) bond motifs is 1. The van der Waals surface area contributed by atoms with Crippen LogP contribution >= 0.6 is 31.9 Å². The molecule has 0 spiro atoms. The lowest BCUT2D eigenvalue weighted by Gasteiger charge is -2.09. The van der Waals surface area contributed by atoms with E-state index in [2.05, 4.69) is 46.8 Å². The summed E-state index contributed by atoms with van der Waals surface area (Å²) < 4.78 is 6.95. The maximum Gasteiger partial charge on any atom is 0.253 e. The first-order chi connectivity index (χ1) is 11.0. The Morgan fingerprint density at radius 2 is 1.91 bits per heavy atom. The average molecular weight is 439 g/mol. The predicted molar refractivity (Wildman–Crippen MR) is 95.2 cm³/mol. The molecule has 1 aromatic rings. The lowest BCUT2D eigenvalue weighted by Crippen LogP contribution is -2.11. The van der Waals surface area contributed by atoms with Crippen LogP contribution in [0.4, 0.5) is 0 Å². The van der Waals surface area contributed by atoms with E-state index in [1.54, 1.807) is 19.4 Å². The van der Waals surface area contributed by atoms with Crippen LogP contribution in [-0.4, -0.2) is 22.1 Å². The first-order valence-electron chi connectivity index (χ1n) is 6.86. The normalized spacial score (nSPS) is 11.0. The van der Waals surface area contributed by atoms with Gasteiger partial charge in [-0.25, -0.2) is 9.97 Å². The standard InChI is InChI=1S/C16H13Br2N3O2/c1-8-20-13-3-4-19-16(22)10(14(13)21-8)5-9-6-11(17)15(23-2)12(18)7-9/h3-4,6-7H,5H2,1-2H3,(H,19,22). The fourth-order valence-corrected chi connectivity index (χ4v) is 4.08. The second-order valence-electron chi connectivity index (χ2n) is 5.06. The zero-order valence-electron chi connectivity index (χ0n) is 12.5. The Morgan fingerprint density at radius 3 is 2.57 bits per heavy atom. The highest BCUT2D eigenvalue weighted by molar-refractivity contribution is 9.11. The van der Waals surface area contributed by atoms with E-state index in [-0.39, 0.29) is 5.56 Å². The predicted octanol–water partition coefficient (Wildman–Crippen LogP) is 3.70. The number of methoxy groups -OCH3 is 1. The average Bonchev–Trinajstić information content (AvgIpc) is 2.78. The number of benzene rings is 1. The lowest BCUT2D eigenvalue weighted by molar-refractivity contribution is 0.409. The summed E-state index contributed by atoms with van der Waals surface area (Å²) >= 11 is 6.97. The number of aromatic nitrogens is 3. The summed E-state index contributed by atoms with van der Waals surface area (Å²) in [6.45, 7) is 1.82. The Kier molecular flexibility index (Phi) is 4.50. The second-order valence-corrected chi connectivity index (χ2v) is 6.77. The summed E-state index contributed by atoms with van der Waals surface area (Å²) in [4.78, 5) is 23.9. The van der Waals surface area contributed by atoms with Crippen LogP contribution in [0.1, 0.15) is 17.0 Å². The highest BCUT2D eigenvalue weighted by Gasteiger charge is 2.17. The van der Waals surface area contributed by atoms with Crippen molar-refractivity contribution in [2.24, 2.45) is 0 Å². The molecule has 1 aromatic carbocycles. The molecular formula is C16H13Br2N3O2. The molecule has 0 radical (unpaired) electrons. The summed E-state index contributed by atoms with van der Waals surface area (Å²) in [6, 6.07) is 5.64. The summed E-state index contributed by atoms with van der Waals surface area (Å²) in [5, 5.41) is 0. The molecule has 1 N–H and O–H groups in total. The monoisotopic (exact) mass is 437 g/mol. The smallest absolute Gasteiger partial charge is 0.253 e. The van der Waals surface area contributed by atoms with Crippen molar-refractivity contribution >= 4 is 31.9 Å². The van der Waals surface area contributed by atoms with Gasteiger partial charge in [-0.2, -0.15) is 0 Å². The fraction of sp³-hybridized carbons (Fsp3) is 0.188. The van der Waals surface area contributed by atoms with Gasteiger partial charge in [0, 0.05) is 18.2 Å². The van der Waals surface area contributed by atoms with Gasteiger partial charge in [-0.3, -0.25) is 4.79 Å². The van der Waals surface area contributed by atoms with Crippen molar-refractivity contribution in [3.05, 3.63) is 60.6 Å². The summed E-state index contributed by atoms with van der Waals surface area (Å²) in [5.41, 5.74) is 2.74. The number of nitrogens with one attached hydrogen (secondary N) is 1. The van der Waals surface area contributed by atoms with Crippen molar-refractivity contribution in [1.82, 2.24) is 15.0 Å². The van der Waals surface area contributed by atoms with E-state index in [0.717, 1.165) is 20.3 Å². The van der Waals surface area contributed by atoms with Crippen LogP contribution in [0.15, 0.2) is 38.1 Å². The number of aromatic amines is 1. The molecule has 0 aliphatic carbocycles. The zero-order chi connectivity index (χ0) is 16.6. The highest BCUT2D eigenvalue weighted by Crippen LogP contribution is 2.35. The third-order valence-electron chi connectivity index (χ3n) is 3.46. The molecule has 0 aromatic heterocycles. The summed E-state index contributed by atoms with van der Waals surface area (Å²) in [7, 11) is 1.61. The SMILES string of the molecule is COc1c(Br)cc(Cc2c3nc(C)nc-3cc[nH]c2=O)cc1Br. The molecule has 7 heteroatoms. The van der Waals surface area contributed by atoms with Crippen LogP contribution in [0.5, 0.6) is 5.75 Å². The molecule has 2 aliphatic heterocycles. The van der Waals surface area contributed by atoms with Crippen molar-refractivity contribution in [2.45, 2.75) is 13.3 Å². The lowest BCUT2D eigenvalue weighted by atomic mass is 10.0. The molecule has 3 rings (SSSR count). The molecule has 2 aliphatic rings. The van der Waals surface area contributed by atoms with Crippen LogP contribution < -0.4 is 10.3 Å². The van der Waals surface area contributed by atoms with Gasteiger partial charge < -0.3 is 9.72 Å². The van der Waals surface area contributed by atoms with Gasteiger partial charge in [0.2, 0.25) is 0 Å². The van der Waals surface area contributed by atoms with Gasteiger partial charge in [-0.05, 0) is 62.5 Å². The van der Waals surface area contributed by atoms with Gasteiger partial charge in [0.1, 0.15) is 11.6 Å². The number of halogens is 2. The van der Waals surface area contributed by atoms with Crippen molar-refractivity contribution in [1.29, 1.82) is 0 Å². The maximum absolute atomic E-state index is 12.4. The third kappa shape index (κ3) is 3.16. The Hall–Kier alpha value is -1.73. The molecule has 5 nitrogen and oxygen atoms in total. The minimum absolute atomic E-state index is 0.164. The first kappa shape index (κ1) is 16.1. The third-order valence-corrected chi connectivity index (χ3v) is 4.64. The summed E-state index contributed by atoms with van der Waals surface area (Å²) in [5.74, 6) is 1.37. The van der Waals surface area contributed by atoms with Crippen LogP contribution in [0.3, 0.4) is 0 Å². The molecule has 2 heterocycles. The molecule has 0 saturated heterocycles. The zero-order valence-corrected chi connectivity index (χ0v) is 15.7. The van der Waals surface area contributed by atoms with Gasteiger partial charge in [-0.1, -0.05) is 0 Å². The second kappa shape index (κ2) is 6.41. The van der Waals surface area contributed by atoms with E-state index in [1.165, 1.54) is 0 Å². The van der Waals surface area contributed by atoms with Gasteiger partial charge in [0.05, 0.1) is 27.4 Å². The van der Waals surface area contributed by atoms with Gasteiger partial charge in [0.15, 0.2) is 0 Å². The van der Waals surface area contributed by atoms with Gasteiger partial charge in [-0.15, -0.1) is 0 Å². The van der Waals surface area contributed by atoms with Crippen LogP contribution in [0.2, 0.25) is 0 Å². The number of hydrogen-bond acceptors (Lipinski definition) is 4. The Balaban J connectivity index is 2.12. The molecule has 0 amide bonds. The number of rotatable bonds is 3. The van der Waals surface area contributed by atoms with E-state index in [1.807, 2.05) is 19.1 Å². The molecule has 0 saturated carbocycles. The molecule has 23 heavy (non-hydrogen) atoms. The van der Waals surface area contributed by atoms with E-state index < -0.39 is 0 Å². The Labute approximate surface area is 149 Å². The molecule has 0 fully saturated rings. The summed E-state index contributed by atoms with van der Waals surface area (Å²) in [6.07, 6.45) is 2.04. The number of H-pyrrole nitrogens is 1. The quantitative estimate of drug-likeness (QED) is 0.676. The number of imidazole rings is 1. The molecular weight excluding hydrogens is 426 g/mol. The molecule has 0 unspecified atom stereocenters. The van der Waals surface area contributed by atoms with Crippen molar-refractivity contribution < 1.29 is 4.74 Å². The van der Waals surface area contributed by atoms with E-state index >= 15 is 0 Å². The minimum Gasteiger partial charge on any atom is -0.494 e. The number of nitrogens with zero attached hydrogens (tertiary/aromatic N) is 2. The minimum atomic E-state index is -0.164. The van der Waals surface area contributed by atoms with Crippen molar-refractivity contribution in [3.63, 3.8) is 0 Å². The van der Waals surface area contributed by atoms with E-state index in [9.17, 15) is 4.79 Å². The van der Waals surface area contributed by atoms with Crippen LogP contribution in [0.25, 0.3) is 11.4 Å². The Morgan fingerprint density at radius 1 is 1.22 bits per heavy atom. The van der Waals surface area contributed by atoms with Crippen LogP contribution in [0, 0.1) is 6.92 Å². The molecule has 0 bridgehead atoms. The van der Waals surface area contributed by atoms with Gasteiger partial charge in [0.25, 0.3) is 5.56 Å². The van der Waals surface area contributed by atoms with Crippen LogP contribution in [-0.2, 0) is 6.42 Å². The van der Waals surface area contributed by atoms with Gasteiger partial charge >= 0.3 is 0 Å². The van der Waals surface area contributed by atoms with Crippen molar-refractivity contribution in [2.75, 3.05) is 7.11 Å².